The van der Waals surface area contributed by atoms with Crippen molar-refractivity contribution in [2.75, 3.05) is 6.61 Å². The average molecular weight is 414 g/mol. The molecule has 0 bridgehead atoms. The Hall–Kier alpha value is 1.76. The summed E-state index contributed by atoms with van der Waals surface area (Å²) in [5, 5.41) is 0.362. The van der Waals surface area contributed by atoms with Gasteiger partial charge in [-0.15, -0.1) is 0 Å². The fourth-order valence-corrected chi connectivity index (χ4v) is 1.78. The van der Waals surface area contributed by atoms with Gasteiger partial charge in [-0.05, 0) is 24.6 Å². The molecule has 15 heavy (non-hydrogen) atoms. The van der Waals surface area contributed by atoms with Crippen LogP contribution in [0.4, 0.5) is 0 Å². The normalized spacial score (nSPS) is 11.5. The van der Waals surface area contributed by atoms with Crippen molar-refractivity contribution in [2.45, 2.75) is 58.7 Å². The quantitative estimate of drug-likeness (QED) is 0.437. The van der Waals surface area contributed by atoms with E-state index >= 15 is 0 Å². The van der Waals surface area contributed by atoms with E-state index in [2.05, 4.69) is 68.0 Å². The van der Waals surface area contributed by atoms with E-state index < -0.39 is 8.32 Å². The van der Waals surface area contributed by atoms with Gasteiger partial charge in [0.2, 0.25) is 0 Å². The van der Waals surface area contributed by atoms with Crippen LogP contribution in [0.25, 0.3) is 0 Å². The molecule has 0 atom stereocenters. The van der Waals surface area contributed by atoms with Crippen molar-refractivity contribution in [3.63, 3.8) is 0 Å². The molecule has 0 aromatic carbocycles. The molecule has 0 N–H and O–H groups in total. The van der Waals surface area contributed by atoms with Crippen LogP contribution in [-0.4, -0.2) is 14.9 Å². The van der Waals surface area contributed by atoms with Crippen LogP contribution in [0.3, 0.4) is 0 Å². The van der Waals surface area contributed by atoms with Crippen molar-refractivity contribution in [1.82, 2.24) is 0 Å². The number of hydrogen-bond acceptors (Lipinski definition) is 1. The molecule has 0 aromatic rings. The van der Waals surface area contributed by atoms with E-state index in [9.17, 15) is 0 Å². The first kappa shape index (κ1) is 19.1. The van der Waals surface area contributed by atoms with E-state index in [1.165, 1.54) is 12.8 Å². The minimum atomic E-state index is -1.44. The molecule has 0 fully saturated rings. The van der Waals surface area contributed by atoms with Crippen molar-refractivity contribution in [3.8, 4) is 0 Å². The molecule has 0 saturated heterocycles. The molecule has 0 radical (unpaired) electrons. The van der Waals surface area contributed by atoms with Gasteiger partial charge in [0, 0.05) is 6.61 Å². The summed E-state index contributed by atoms with van der Waals surface area (Å²) in [6, 6.07) is 0. The van der Waals surface area contributed by atoms with Crippen molar-refractivity contribution in [2.24, 2.45) is 0 Å². The second kappa shape index (κ2) is 9.76. The van der Waals surface area contributed by atoms with Gasteiger partial charge in [0.25, 0.3) is 0 Å². The van der Waals surface area contributed by atoms with Crippen molar-refractivity contribution in [3.05, 3.63) is 0 Å². The summed E-state index contributed by atoms with van der Waals surface area (Å²) in [4.78, 5) is 0. The Morgan fingerprint density at radius 3 is 1.87 bits per heavy atom. The van der Waals surface area contributed by atoms with Gasteiger partial charge < -0.3 is 4.43 Å². The molecule has 0 aliphatic heterocycles. The predicted octanol–water partition coefficient (Wildman–Crippen LogP) is 5.50. The van der Waals surface area contributed by atoms with Gasteiger partial charge >= 0.3 is 40.5 Å². The van der Waals surface area contributed by atoms with E-state index in [-0.39, 0.29) is 13.2 Å². The third-order valence-corrected chi connectivity index (χ3v) is 7.31. The fraction of sp³-hybridized carbons (Fsp3) is 1.00. The Morgan fingerprint density at radius 2 is 1.60 bits per heavy atom. The molecule has 0 rings (SSSR count). The zero-order valence-corrected chi connectivity index (χ0v) is 18.1. The Kier molecular flexibility index (Phi) is 12.4. The molecule has 0 amide bonds. The first-order valence-corrected chi connectivity index (χ1v) is 22.3. The first-order chi connectivity index (χ1) is 6.72. The standard InChI is InChI=1S/C10H24OSi.2BrH.Zn/c1-7-8-9-11-12(5,6)10(2,3)4;;;/h7-9H2,1-6H3;2*1H;/q;;;+2/p-2. The average Bonchev–Trinajstić information content (AvgIpc) is 2.03. The third kappa shape index (κ3) is 10.6. The molecule has 90 valence electrons. The van der Waals surface area contributed by atoms with Crippen LogP contribution in [0, 0.1) is 0 Å². The number of halogens is 2. The van der Waals surface area contributed by atoms with Gasteiger partial charge in [-0.2, -0.15) is 0 Å². The van der Waals surface area contributed by atoms with Gasteiger partial charge in [-0.3, -0.25) is 0 Å². The number of rotatable bonds is 4. The SMILES string of the molecule is CCCCO[Si](C)(C)C(C)(C)C.[Br][Zn][Br]. The maximum absolute atomic E-state index is 5.97. The Bertz CT molecular complexity index is 149. The minimum absolute atomic E-state index is 0.250. The molecule has 0 aliphatic rings. The molecular weight excluding hydrogens is 389 g/mol. The zero-order valence-electron chi connectivity index (χ0n) is 11.0. The molecule has 0 unspecified atom stereocenters. The summed E-state index contributed by atoms with van der Waals surface area (Å²) < 4.78 is 5.97. The van der Waals surface area contributed by atoms with E-state index in [0.717, 1.165) is 6.61 Å². The molecule has 0 saturated carbocycles. The summed E-state index contributed by atoms with van der Waals surface area (Å²) in [5.74, 6) is 0. The number of unbranched alkanes of at least 4 members (excludes halogenated alkanes) is 1. The van der Waals surface area contributed by atoms with E-state index in [4.69, 9.17) is 4.43 Å². The maximum atomic E-state index is 5.97. The van der Waals surface area contributed by atoms with Gasteiger partial charge in [0.05, 0.1) is 0 Å². The summed E-state index contributed by atoms with van der Waals surface area (Å²) in [6.45, 7) is 14.6. The Morgan fingerprint density at radius 1 is 1.20 bits per heavy atom. The van der Waals surface area contributed by atoms with Crippen LogP contribution in [0.15, 0.2) is 0 Å². The molecule has 5 heteroatoms. The summed E-state index contributed by atoms with van der Waals surface area (Å²) in [5.41, 5.74) is 0. The zero-order chi connectivity index (χ0) is 12.5. The van der Waals surface area contributed by atoms with E-state index in [0.29, 0.717) is 5.04 Å². The summed E-state index contributed by atoms with van der Waals surface area (Å²) in [7, 11) is -1.44. The molecule has 1 nitrogen and oxygen atoms in total. The van der Waals surface area contributed by atoms with Gasteiger partial charge in [-0.25, -0.2) is 0 Å². The summed E-state index contributed by atoms with van der Waals surface area (Å²) >= 11 is 6.25. The van der Waals surface area contributed by atoms with Crippen LogP contribution in [0.1, 0.15) is 40.5 Å². The van der Waals surface area contributed by atoms with Crippen LogP contribution in [-0.2, 0) is 17.6 Å². The van der Waals surface area contributed by atoms with Crippen LogP contribution in [0.5, 0.6) is 0 Å². The predicted molar refractivity (Wildman–Crippen MR) is 75.9 cm³/mol. The molecular formula is C10H24Br2OSiZn. The molecule has 0 aliphatic carbocycles. The van der Waals surface area contributed by atoms with Crippen molar-refractivity contribution < 1.29 is 17.6 Å². The number of hydrogen-bond donors (Lipinski definition) is 0. The van der Waals surface area contributed by atoms with Gasteiger partial charge in [0.15, 0.2) is 8.32 Å². The first-order valence-electron chi connectivity index (χ1n) is 5.48. The van der Waals surface area contributed by atoms with Crippen LogP contribution >= 0.6 is 27.2 Å². The van der Waals surface area contributed by atoms with Gasteiger partial charge in [-0.1, -0.05) is 34.1 Å². The molecule has 0 heterocycles. The topological polar surface area (TPSA) is 9.23 Å². The van der Waals surface area contributed by atoms with E-state index in [1.807, 2.05) is 0 Å². The second-order valence-electron chi connectivity index (χ2n) is 5.06. The van der Waals surface area contributed by atoms with Gasteiger partial charge in [0.1, 0.15) is 0 Å². The van der Waals surface area contributed by atoms with Crippen LogP contribution < -0.4 is 0 Å². The molecule has 0 aromatic heterocycles. The third-order valence-electron chi connectivity index (χ3n) is 2.77. The Labute approximate surface area is 118 Å². The molecule has 0 spiro atoms. The summed E-state index contributed by atoms with van der Waals surface area (Å²) in [6.07, 6.45) is 2.43. The van der Waals surface area contributed by atoms with Crippen molar-refractivity contribution >= 4 is 35.6 Å². The van der Waals surface area contributed by atoms with Crippen LogP contribution in [0.2, 0.25) is 18.1 Å². The monoisotopic (exact) mass is 410 g/mol. The van der Waals surface area contributed by atoms with Crippen molar-refractivity contribution in [1.29, 1.82) is 0 Å². The Balaban J connectivity index is 0. The second-order valence-corrected chi connectivity index (χ2v) is 23.9. The fourth-order valence-electron chi connectivity index (χ4n) is 0.688. The van der Waals surface area contributed by atoms with E-state index in [1.54, 1.807) is 0 Å².